The highest BCUT2D eigenvalue weighted by Gasteiger charge is 2.11. The van der Waals surface area contributed by atoms with Gasteiger partial charge in [-0.2, -0.15) is 5.10 Å². The molecule has 132 valence electrons. The molecule has 7 heteroatoms. The number of amides is 1. The Balaban J connectivity index is 1.80. The van der Waals surface area contributed by atoms with E-state index < -0.39 is 17.3 Å². The number of rotatable bonds is 4. The van der Waals surface area contributed by atoms with Crippen LogP contribution in [0.25, 0.3) is 11.3 Å². The monoisotopic (exact) mass is 415 g/mol. The zero-order valence-corrected chi connectivity index (χ0v) is 15.5. The van der Waals surface area contributed by atoms with Gasteiger partial charge in [-0.3, -0.25) is 9.59 Å². The van der Waals surface area contributed by atoms with Gasteiger partial charge in [0, 0.05) is 16.1 Å². The van der Waals surface area contributed by atoms with E-state index in [1.54, 1.807) is 12.1 Å². The summed E-state index contributed by atoms with van der Waals surface area (Å²) in [5.41, 5.74) is 2.15. The van der Waals surface area contributed by atoms with Crippen molar-refractivity contribution in [2.45, 2.75) is 13.5 Å². The summed E-state index contributed by atoms with van der Waals surface area (Å²) < 4.78 is 15.4. The average Bonchev–Trinajstić information content (AvgIpc) is 2.60. The number of anilines is 1. The first-order valence-corrected chi connectivity index (χ1v) is 8.62. The molecule has 0 aliphatic heterocycles. The summed E-state index contributed by atoms with van der Waals surface area (Å²) in [4.78, 5) is 24.2. The maximum atomic E-state index is 13.8. The highest BCUT2D eigenvalue weighted by molar-refractivity contribution is 9.10. The van der Waals surface area contributed by atoms with E-state index in [-0.39, 0.29) is 12.2 Å². The summed E-state index contributed by atoms with van der Waals surface area (Å²) in [5, 5.41) is 6.68. The third kappa shape index (κ3) is 4.23. The van der Waals surface area contributed by atoms with Gasteiger partial charge in [0.25, 0.3) is 5.56 Å². The molecule has 0 atom stereocenters. The van der Waals surface area contributed by atoms with Gasteiger partial charge in [0.1, 0.15) is 12.4 Å². The zero-order chi connectivity index (χ0) is 18.7. The Labute approximate surface area is 157 Å². The van der Waals surface area contributed by atoms with E-state index >= 15 is 0 Å². The molecule has 2 aromatic carbocycles. The Hall–Kier alpha value is -2.80. The van der Waals surface area contributed by atoms with Gasteiger partial charge in [0.05, 0.1) is 11.4 Å². The van der Waals surface area contributed by atoms with Crippen molar-refractivity contribution in [2.24, 2.45) is 0 Å². The third-order valence-electron chi connectivity index (χ3n) is 3.71. The predicted molar refractivity (Wildman–Crippen MR) is 101 cm³/mol. The molecular weight excluding hydrogens is 401 g/mol. The molecular formula is C19H15BrFN3O2. The zero-order valence-electron chi connectivity index (χ0n) is 13.9. The Kier molecular flexibility index (Phi) is 5.27. The molecule has 0 aliphatic rings. The lowest BCUT2D eigenvalue weighted by Gasteiger charge is -2.09. The van der Waals surface area contributed by atoms with Crippen molar-refractivity contribution >= 4 is 27.5 Å². The van der Waals surface area contributed by atoms with Crippen molar-refractivity contribution in [2.75, 3.05) is 5.32 Å². The van der Waals surface area contributed by atoms with Crippen molar-refractivity contribution in [1.82, 2.24) is 9.78 Å². The van der Waals surface area contributed by atoms with Gasteiger partial charge < -0.3 is 5.32 Å². The second kappa shape index (κ2) is 7.61. The largest absolute Gasteiger partial charge is 0.322 e. The van der Waals surface area contributed by atoms with E-state index in [1.165, 1.54) is 18.2 Å². The van der Waals surface area contributed by atoms with E-state index in [0.717, 1.165) is 15.8 Å². The van der Waals surface area contributed by atoms with Gasteiger partial charge in [-0.25, -0.2) is 9.07 Å². The summed E-state index contributed by atoms with van der Waals surface area (Å²) in [6.07, 6.45) is 0. The molecule has 0 aliphatic carbocycles. The van der Waals surface area contributed by atoms with Crippen molar-refractivity contribution in [3.05, 3.63) is 80.8 Å². The van der Waals surface area contributed by atoms with Gasteiger partial charge >= 0.3 is 0 Å². The number of carbonyl (C=O) groups is 1. The van der Waals surface area contributed by atoms with E-state index in [1.807, 2.05) is 31.2 Å². The number of aryl methyl sites for hydroxylation is 1. The van der Waals surface area contributed by atoms with E-state index in [9.17, 15) is 14.0 Å². The smallest absolute Gasteiger partial charge is 0.267 e. The Morgan fingerprint density at radius 3 is 2.58 bits per heavy atom. The minimum atomic E-state index is -0.568. The number of nitrogens with one attached hydrogen (secondary N) is 1. The number of hydrogen-bond acceptors (Lipinski definition) is 3. The summed E-state index contributed by atoms with van der Waals surface area (Å²) in [5.74, 6) is -1.11. The molecule has 5 nitrogen and oxygen atoms in total. The van der Waals surface area contributed by atoms with Crippen LogP contribution in [0.4, 0.5) is 10.1 Å². The molecule has 0 saturated heterocycles. The lowest BCUT2D eigenvalue weighted by Crippen LogP contribution is -2.29. The fourth-order valence-electron chi connectivity index (χ4n) is 2.36. The van der Waals surface area contributed by atoms with Crippen LogP contribution in [0.15, 0.2) is 63.9 Å². The van der Waals surface area contributed by atoms with Crippen LogP contribution in [0.5, 0.6) is 0 Å². The minimum Gasteiger partial charge on any atom is -0.322 e. The van der Waals surface area contributed by atoms with Crippen LogP contribution in [-0.4, -0.2) is 15.7 Å². The first-order valence-electron chi connectivity index (χ1n) is 7.82. The highest BCUT2D eigenvalue weighted by atomic mass is 79.9. The molecule has 1 N–H and O–H groups in total. The second-order valence-corrected chi connectivity index (χ2v) is 6.67. The van der Waals surface area contributed by atoms with Crippen LogP contribution in [0.3, 0.4) is 0 Å². The van der Waals surface area contributed by atoms with Gasteiger partial charge in [-0.1, -0.05) is 45.8 Å². The van der Waals surface area contributed by atoms with Crippen LogP contribution >= 0.6 is 15.9 Å². The molecule has 1 amide bonds. The van der Waals surface area contributed by atoms with Gasteiger partial charge in [-0.05, 0) is 31.2 Å². The van der Waals surface area contributed by atoms with Crippen molar-refractivity contribution in [1.29, 1.82) is 0 Å². The highest BCUT2D eigenvalue weighted by Crippen LogP contribution is 2.19. The standard InChI is InChI=1S/C19H15BrFN3O2/c1-12-2-4-13(5-3-12)16-8-9-19(26)24(23-16)11-18(25)22-17-7-6-14(20)10-15(17)21/h2-10H,11H2,1H3,(H,22,25). The number of aromatic nitrogens is 2. The maximum Gasteiger partial charge on any atom is 0.267 e. The fourth-order valence-corrected chi connectivity index (χ4v) is 2.69. The lowest BCUT2D eigenvalue weighted by atomic mass is 10.1. The summed E-state index contributed by atoms with van der Waals surface area (Å²) in [6.45, 7) is 1.66. The third-order valence-corrected chi connectivity index (χ3v) is 4.21. The molecule has 0 unspecified atom stereocenters. The van der Waals surface area contributed by atoms with Crippen molar-refractivity contribution < 1.29 is 9.18 Å². The lowest BCUT2D eigenvalue weighted by molar-refractivity contribution is -0.117. The summed E-state index contributed by atoms with van der Waals surface area (Å²) in [7, 11) is 0. The van der Waals surface area contributed by atoms with Gasteiger partial charge in [-0.15, -0.1) is 0 Å². The molecule has 3 aromatic rings. The van der Waals surface area contributed by atoms with E-state index in [4.69, 9.17) is 0 Å². The Morgan fingerprint density at radius 1 is 1.15 bits per heavy atom. The molecule has 0 bridgehead atoms. The Bertz CT molecular complexity index is 1020. The van der Waals surface area contributed by atoms with Crippen LogP contribution in [0.1, 0.15) is 5.56 Å². The topological polar surface area (TPSA) is 64.0 Å². The number of carbonyl (C=O) groups excluding carboxylic acids is 1. The molecule has 0 saturated carbocycles. The fraction of sp³-hybridized carbons (Fsp3) is 0.105. The van der Waals surface area contributed by atoms with Crippen LogP contribution in [-0.2, 0) is 11.3 Å². The normalized spacial score (nSPS) is 10.6. The van der Waals surface area contributed by atoms with Crippen LogP contribution < -0.4 is 10.9 Å². The molecule has 0 fully saturated rings. The average molecular weight is 416 g/mol. The van der Waals surface area contributed by atoms with E-state index in [2.05, 4.69) is 26.3 Å². The summed E-state index contributed by atoms with van der Waals surface area (Å²) in [6, 6.07) is 14.9. The molecule has 26 heavy (non-hydrogen) atoms. The predicted octanol–water partition coefficient (Wildman–Crippen LogP) is 3.76. The van der Waals surface area contributed by atoms with Crippen LogP contribution in [0.2, 0.25) is 0 Å². The number of halogens is 2. The second-order valence-electron chi connectivity index (χ2n) is 5.75. The Morgan fingerprint density at radius 2 is 1.88 bits per heavy atom. The van der Waals surface area contributed by atoms with Crippen molar-refractivity contribution in [3.63, 3.8) is 0 Å². The molecule has 1 aromatic heterocycles. The SMILES string of the molecule is Cc1ccc(-c2ccc(=O)n(CC(=O)Nc3ccc(Br)cc3F)n2)cc1. The van der Waals surface area contributed by atoms with E-state index in [0.29, 0.717) is 10.2 Å². The number of hydrogen-bond donors (Lipinski definition) is 1. The summed E-state index contributed by atoms with van der Waals surface area (Å²) >= 11 is 3.15. The number of benzene rings is 2. The minimum absolute atomic E-state index is 0.0425. The first kappa shape index (κ1) is 18.0. The molecule has 3 rings (SSSR count). The maximum absolute atomic E-state index is 13.8. The molecule has 1 heterocycles. The van der Waals surface area contributed by atoms with Crippen LogP contribution in [0, 0.1) is 12.7 Å². The van der Waals surface area contributed by atoms with Crippen molar-refractivity contribution in [3.8, 4) is 11.3 Å². The molecule has 0 radical (unpaired) electrons. The first-order chi connectivity index (χ1) is 12.4. The quantitative estimate of drug-likeness (QED) is 0.705. The van der Waals surface area contributed by atoms with Gasteiger partial charge in [0.15, 0.2) is 0 Å². The van der Waals surface area contributed by atoms with Gasteiger partial charge in [0.2, 0.25) is 5.91 Å². The molecule has 0 spiro atoms. The number of nitrogens with zero attached hydrogens (tertiary/aromatic N) is 2.